The molecule has 0 fully saturated rings. The molecule has 1 aliphatic heterocycles. The van der Waals surface area contributed by atoms with Crippen molar-refractivity contribution in [3.8, 4) is 11.5 Å². The van der Waals surface area contributed by atoms with Crippen molar-refractivity contribution >= 4 is 17.8 Å². The Morgan fingerprint density at radius 3 is 2.57 bits per heavy atom. The number of benzene rings is 2. The summed E-state index contributed by atoms with van der Waals surface area (Å²) in [5, 5.41) is 9.59. The molecule has 5 heteroatoms. The number of hydrogen-bond donors (Lipinski definition) is 1. The monoisotopic (exact) mass is 310 g/mol. The van der Waals surface area contributed by atoms with E-state index in [1.54, 1.807) is 37.3 Å². The zero-order chi connectivity index (χ0) is 16.6. The highest BCUT2D eigenvalue weighted by Crippen LogP contribution is 2.37. The summed E-state index contributed by atoms with van der Waals surface area (Å²) in [6.07, 6.45) is 1.60. The Morgan fingerprint density at radius 1 is 1.22 bits per heavy atom. The first-order valence-corrected chi connectivity index (χ1v) is 6.96. The average molecular weight is 310 g/mol. The van der Waals surface area contributed by atoms with Crippen LogP contribution in [-0.2, 0) is 4.74 Å². The molecule has 1 heterocycles. The molecule has 1 N–H and O–H groups in total. The van der Waals surface area contributed by atoms with E-state index in [0.29, 0.717) is 22.4 Å². The number of rotatable bonds is 2. The molecule has 0 aromatic heterocycles. The molecule has 1 aliphatic rings. The maximum absolute atomic E-state index is 12.4. The minimum Gasteiger partial charge on any atom is -0.508 e. The number of phenolic OH excluding ortho intramolecular Hbond substituents is 1. The van der Waals surface area contributed by atoms with Crippen LogP contribution in [0.2, 0.25) is 0 Å². The number of ketones is 1. The Bertz CT molecular complexity index is 831. The summed E-state index contributed by atoms with van der Waals surface area (Å²) in [4.78, 5) is 23.8. The number of esters is 1. The van der Waals surface area contributed by atoms with Crippen molar-refractivity contribution in [2.45, 2.75) is 6.92 Å². The number of carbonyl (C=O) groups is 2. The molecule has 0 spiro atoms. The van der Waals surface area contributed by atoms with Gasteiger partial charge in [-0.2, -0.15) is 0 Å². The summed E-state index contributed by atoms with van der Waals surface area (Å²) in [5.74, 6) is -0.0624. The fourth-order valence-corrected chi connectivity index (χ4v) is 2.48. The van der Waals surface area contributed by atoms with Gasteiger partial charge in [0.05, 0.1) is 18.2 Å². The van der Waals surface area contributed by atoms with Crippen LogP contribution in [0.1, 0.15) is 31.8 Å². The third-order valence-corrected chi connectivity index (χ3v) is 3.58. The molecule has 0 saturated heterocycles. The average Bonchev–Trinajstić information content (AvgIpc) is 2.83. The molecule has 23 heavy (non-hydrogen) atoms. The van der Waals surface area contributed by atoms with Crippen molar-refractivity contribution in [3.63, 3.8) is 0 Å². The van der Waals surface area contributed by atoms with Gasteiger partial charge in [-0.25, -0.2) is 4.79 Å². The number of hydrogen-bond acceptors (Lipinski definition) is 5. The van der Waals surface area contributed by atoms with Gasteiger partial charge in [0, 0.05) is 6.07 Å². The van der Waals surface area contributed by atoms with E-state index in [1.165, 1.54) is 19.2 Å². The fourth-order valence-electron chi connectivity index (χ4n) is 2.48. The largest absolute Gasteiger partial charge is 0.508 e. The van der Waals surface area contributed by atoms with Gasteiger partial charge in [-0.3, -0.25) is 4.79 Å². The lowest BCUT2D eigenvalue weighted by molar-refractivity contribution is 0.0600. The lowest BCUT2D eigenvalue weighted by atomic mass is 10.0. The van der Waals surface area contributed by atoms with E-state index >= 15 is 0 Å². The standard InChI is InChI=1S/C18H14O5/c1-10-7-13(19)9-14-16(10)17(20)15(23-14)8-11-3-5-12(6-4-11)18(21)22-2/h3-9,19H,1-2H3/b15-8-. The second kappa shape index (κ2) is 5.61. The van der Waals surface area contributed by atoms with E-state index in [-0.39, 0.29) is 17.3 Å². The summed E-state index contributed by atoms with van der Waals surface area (Å²) in [7, 11) is 1.32. The third-order valence-electron chi connectivity index (χ3n) is 3.58. The van der Waals surface area contributed by atoms with Crippen LogP contribution in [0.15, 0.2) is 42.2 Å². The van der Waals surface area contributed by atoms with E-state index in [4.69, 9.17) is 4.74 Å². The van der Waals surface area contributed by atoms with E-state index in [9.17, 15) is 14.7 Å². The zero-order valence-electron chi connectivity index (χ0n) is 12.6. The van der Waals surface area contributed by atoms with Crippen molar-refractivity contribution in [1.82, 2.24) is 0 Å². The Hall–Kier alpha value is -3.08. The van der Waals surface area contributed by atoms with Crippen LogP contribution in [-0.4, -0.2) is 24.0 Å². The van der Waals surface area contributed by atoms with Gasteiger partial charge in [0.15, 0.2) is 5.76 Å². The second-order valence-electron chi connectivity index (χ2n) is 5.19. The van der Waals surface area contributed by atoms with Crippen molar-refractivity contribution in [3.05, 3.63) is 64.4 Å². The predicted molar refractivity (Wildman–Crippen MR) is 83.6 cm³/mol. The molecule has 2 aromatic rings. The predicted octanol–water partition coefficient (Wildman–Crippen LogP) is 3.10. The highest BCUT2D eigenvalue weighted by Gasteiger charge is 2.29. The van der Waals surface area contributed by atoms with Crippen LogP contribution in [0.4, 0.5) is 0 Å². The summed E-state index contributed by atoms with van der Waals surface area (Å²) in [6, 6.07) is 9.56. The van der Waals surface area contributed by atoms with E-state index in [2.05, 4.69) is 4.74 Å². The number of allylic oxidation sites excluding steroid dienone is 1. The van der Waals surface area contributed by atoms with Crippen molar-refractivity contribution in [2.75, 3.05) is 7.11 Å². The molecule has 0 amide bonds. The van der Waals surface area contributed by atoms with Gasteiger partial charge < -0.3 is 14.6 Å². The lowest BCUT2D eigenvalue weighted by Gasteiger charge is -2.01. The van der Waals surface area contributed by atoms with E-state index < -0.39 is 5.97 Å². The minimum atomic E-state index is -0.420. The van der Waals surface area contributed by atoms with Gasteiger partial charge >= 0.3 is 5.97 Å². The van der Waals surface area contributed by atoms with Gasteiger partial charge in [-0.15, -0.1) is 0 Å². The molecule has 0 radical (unpaired) electrons. The number of phenols is 1. The Morgan fingerprint density at radius 2 is 1.91 bits per heavy atom. The smallest absolute Gasteiger partial charge is 0.337 e. The summed E-state index contributed by atoms with van der Waals surface area (Å²) in [5.41, 5.74) is 2.27. The van der Waals surface area contributed by atoms with E-state index in [1.807, 2.05) is 0 Å². The molecule has 2 aromatic carbocycles. The normalized spacial score (nSPS) is 14.5. The van der Waals surface area contributed by atoms with Crippen molar-refractivity contribution in [2.24, 2.45) is 0 Å². The first-order chi connectivity index (χ1) is 11.0. The SMILES string of the molecule is COC(=O)c1ccc(/C=C2\Oc3cc(O)cc(C)c3C2=O)cc1. The Labute approximate surface area is 132 Å². The topological polar surface area (TPSA) is 72.8 Å². The van der Waals surface area contributed by atoms with Gasteiger partial charge in [0.2, 0.25) is 5.78 Å². The maximum atomic E-state index is 12.4. The summed E-state index contributed by atoms with van der Waals surface area (Å²) < 4.78 is 10.2. The van der Waals surface area contributed by atoms with Crippen LogP contribution < -0.4 is 4.74 Å². The summed E-state index contributed by atoms with van der Waals surface area (Å²) in [6.45, 7) is 1.74. The van der Waals surface area contributed by atoms with Crippen LogP contribution in [0.3, 0.4) is 0 Å². The highest BCUT2D eigenvalue weighted by molar-refractivity contribution is 6.15. The molecule has 5 nitrogen and oxygen atoms in total. The molecule has 0 unspecified atom stereocenters. The minimum absolute atomic E-state index is 0.0535. The number of aromatic hydroxyl groups is 1. The molecule has 116 valence electrons. The molecular weight excluding hydrogens is 296 g/mol. The third kappa shape index (κ3) is 2.68. The summed E-state index contributed by atoms with van der Waals surface area (Å²) >= 11 is 0. The van der Waals surface area contributed by atoms with Crippen LogP contribution >= 0.6 is 0 Å². The van der Waals surface area contributed by atoms with Gasteiger partial charge in [0.25, 0.3) is 0 Å². The van der Waals surface area contributed by atoms with Gasteiger partial charge in [0.1, 0.15) is 11.5 Å². The van der Waals surface area contributed by atoms with E-state index in [0.717, 1.165) is 5.56 Å². The number of carbonyl (C=O) groups excluding carboxylic acids is 2. The zero-order valence-corrected chi connectivity index (χ0v) is 12.6. The van der Waals surface area contributed by atoms with Crippen LogP contribution in [0.25, 0.3) is 6.08 Å². The molecule has 0 saturated carbocycles. The van der Waals surface area contributed by atoms with Crippen LogP contribution in [0.5, 0.6) is 11.5 Å². The second-order valence-corrected chi connectivity index (χ2v) is 5.19. The number of methoxy groups -OCH3 is 1. The quantitative estimate of drug-likeness (QED) is 0.681. The van der Waals surface area contributed by atoms with Gasteiger partial charge in [-0.05, 0) is 42.3 Å². The lowest BCUT2D eigenvalue weighted by Crippen LogP contribution is -2.01. The first-order valence-electron chi connectivity index (χ1n) is 6.96. The highest BCUT2D eigenvalue weighted by atomic mass is 16.5. The first kappa shape index (κ1) is 14.8. The van der Waals surface area contributed by atoms with Crippen molar-refractivity contribution in [1.29, 1.82) is 0 Å². The molecular formula is C18H14O5. The number of ether oxygens (including phenoxy) is 2. The Kier molecular flexibility index (Phi) is 3.62. The number of fused-ring (bicyclic) bond motifs is 1. The Balaban J connectivity index is 1.92. The fraction of sp³-hybridized carbons (Fsp3) is 0.111. The number of Topliss-reactive ketones (excluding diaryl/α,β-unsaturated/α-hetero) is 1. The molecule has 0 atom stereocenters. The van der Waals surface area contributed by atoms with Gasteiger partial charge in [-0.1, -0.05) is 12.1 Å². The van der Waals surface area contributed by atoms with Crippen molar-refractivity contribution < 1.29 is 24.2 Å². The molecule has 0 bridgehead atoms. The number of aryl methyl sites for hydroxylation is 1. The maximum Gasteiger partial charge on any atom is 0.337 e. The molecule has 0 aliphatic carbocycles. The van der Waals surface area contributed by atoms with Crippen LogP contribution in [0, 0.1) is 6.92 Å². The molecule has 3 rings (SSSR count).